The SMILES string of the molecule is CN(CC(=O)Nc1ncccn1)C(C)(C)C(=O)O. The number of likely N-dealkylation sites (N-methyl/N-ethyl adjacent to an activating group) is 1. The molecule has 98 valence electrons. The lowest BCUT2D eigenvalue weighted by molar-refractivity contribution is -0.148. The van der Waals surface area contributed by atoms with E-state index in [1.807, 2.05) is 0 Å². The summed E-state index contributed by atoms with van der Waals surface area (Å²) in [7, 11) is 1.57. The number of anilines is 1. The number of carbonyl (C=O) groups is 2. The van der Waals surface area contributed by atoms with Gasteiger partial charge in [-0.1, -0.05) is 0 Å². The van der Waals surface area contributed by atoms with Crippen LogP contribution in [-0.4, -0.2) is 51.0 Å². The van der Waals surface area contributed by atoms with E-state index in [1.54, 1.807) is 13.1 Å². The summed E-state index contributed by atoms with van der Waals surface area (Å²) in [5.41, 5.74) is -1.12. The average Bonchev–Trinajstić information content (AvgIpc) is 2.29. The van der Waals surface area contributed by atoms with Crippen LogP contribution in [0.3, 0.4) is 0 Å². The summed E-state index contributed by atoms with van der Waals surface area (Å²) in [5.74, 6) is -1.16. The van der Waals surface area contributed by atoms with Crippen molar-refractivity contribution in [3.05, 3.63) is 18.5 Å². The minimum Gasteiger partial charge on any atom is -0.480 e. The first-order valence-electron chi connectivity index (χ1n) is 5.35. The number of hydrogen-bond donors (Lipinski definition) is 2. The van der Waals surface area contributed by atoms with Crippen LogP contribution in [0.5, 0.6) is 0 Å². The molecule has 18 heavy (non-hydrogen) atoms. The molecule has 0 aliphatic heterocycles. The van der Waals surface area contributed by atoms with E-state index in [9.17, 15) is 9.59 Å². The molecule has 0 bridgehead atoms. The van der Waals surface area contributed by atoms with Crippen LogP contribution in [-0.2, 0) is 9.59 Å². The summed E-state index contributed by atoms with van der Waals surface area (Å²) in [6, 6.07) is 1.63. The first kappa shape index (κ1) is 14.0. The maximum atomic E-state index is 11.7. The Balaban J connectivity index is 2.58. The molecule has 2 N–H and O–H groups in total. The Morgan fingerprint density at radius 1 is 1.39 bits per heavy atom. The van der Waals surface area contributed by atoms with E-state index in [-0.39, 0.29) is 18.4 Å². The molecule has 7 heteroatoms. The highest BCUT2D eigenvalue weighted by Gasteiger charge is 2.33. The van der Waals surface area contributed by atoms with Crippen LogP contribution in [0.15, 0.2) is 18.5 Å². The maximum Gasteiger partial charge on any atom is 0.323 e. The van der Waals surface area contributed by atoms with Crippen molar-refractivity contribution in [1.29, 1.82) is 0 Å². The molecule has 0 saturated carbocycles. The van der Waals surface area contributed by atoms with Gasteiger partial charge in [0, 0.05) is 12.4 Å². The van der Waals surface area contributed by atoms with Gasteiger partial charge in [0.1, 0.15) is 5.54 Å². The largest absolute Gasteiger partial charge is 0.480 e. The highest BCUT2D eigenvalue weighted by atomic mass is 16.4. The lowest BCUT2D eigenvalue weighted by atomic mass is 10.0. The maximum absolute atomic E-state index is 11.7. The van der Waals surface area contributed by atoms with Crippen LogP contribution < -0.4 is 5.32 Å². The zero-order valence-corrected chi connectivity index (χ0v) is 10.5. The molecule has 0 unspecified atom stereocenters. The van der Waals surface area contributed by atoms with Crippen LogP contribution in [0.4, 0.5) is 5.95 Å². The van der Waals surface area contributed by atoms with E-state index in [0.29, 0.717) is 0 Å². The third-order valence-electron chi connectivity index (χ3n) is 2.68. The number of aromatic nitrogens is 2. The predicted octanol–water partition coefficient (Wildman–Crippen LogP) is 0.210. The molecule has 0 radical (unpaired) electrons. The second-order valence-electron chi connectivity index (χ2n) is 4.34. The molecule has 0 aromatic carbocycles. The van der Waals surface area contributed by atoms with Gasteiger partial charge in [-0.05, 0) is 27.0 Å². The minimum atomic E-state index is -1.12. The second-order valence-corrected chi connectivity index (χ2v) is 4.34. The van der Waals surface area contributed by atoms with Crippen molar-refractivity contribution < 1.29 is 14.7 Å². The van der Waals surface area contributed by atoms with E-state index in [1.165, 1.54) is 31.1 Å². The second kappa shape index (κ2) is 5.54. The summed E-state index contributed by atoms with van der Waals surface area (Å²) in [6.45, 7) is 3.00. The Morgan fingerprint density at radius 3 is 2.44 bits per heavy atom. The number of aliphatic carboxylic acids is 1. The summed E-state index contributed by atoms with van der Waals surface area (Å²) in [5, 5.41) is 11.5. The predicted molar refractivity (Wildman–Crippen MR) is 65.0 cm³/mol. The van der Waals surface area contributed by atoms with Gasteiger partial charge >= 0.3 is 5.97 Å². The van der Waals surface area contributed by atoms with Crippen LogP contribution in [0, 0.1) is 0 Å². The molecule has 0 aliphatic carbocycles. The average molecular weight is 252 g/mol. The van der Waals surface area contributed by atoms with Crippen LogP contribution >= 0.6 is 0 Å². The molecule has 1 amide bonds. The molecule has 1 rings (SSSR count). The quantitative estimate of drug-likeness (QED) is 0.777. The Kier molecular flexibility index (Phi) is 4.33. The fourth-order valence-corrected chi connectivity index (χ4v) is 1.10. The number of nitrogens with one attached hydrogen (secondary N) is 1. The number of carboxylic acids is 1. The molecule has 0 atom stereocenters. The first-order chi connectivity index (χ1) is 8.34. The smallest absolute Gasteiger partial charge is 0.323 e. The van der Waals surface area contributed by atoms with Crippen molar-refractivity contribution in [3.8, 4) is 0 Å². The minimum absolute atomic E-state index is 0.0580. The van der Waals surface area contributed by atoms with Gasteiger partial charge < -0.3 is 5.11 Å². The lowest BCUT2D eigenvalue weighted by Crippen LogP contribution is -2.50. The summed E-state index contributed by atoms with van der Waals surface area (Å²) < 4.78 is 0. The van der Waals surface area contributed by atoms with Crippen molar-refractivity contribution in [1.82, 2.24) is 14.9 Å². The van der Waals surface area contributed by atoms with Crippen LogP contribution in [0.1, 0.15) is 13.8 Å². The highest BCUT2D eigenvalue weighted by Crippen LogP contribution is 2.11. The normalized spacial score (nSPS) is 11.3. The fourth-order valence-electron chi connectivity index (χ4n) is 1.10. The standard InChI is InChI=1S/C11H16N4O3/c1-11(2,9(17)18)15(3)7-8(16)14-10-12-5-4-6-13-10/h4-6H,7H2,1-3H3,(H,17,18)(H,12,13,14,16). The van der Waals surface area contributed by atoms with Gasteiger partial charge in [0.25, 0.3) is 0 Å². The zero-order chi connectivity index (χ0) is 13.8. The van der Waals surface area contributed by atoms with Gasteiger partial charge in [0.2, 0.25) is 11.9 Å². The molecule has 0 fully saturated rings. The van der Waals surface area contributed by atoms with E-state index in [2.05, 4.69) is 15.3 Å². The van der Waals surface area contributed by atoms with Gasteiger partial charge in [-0.15, -0.1) is 0 Å². The molecule has 1 heterocycles. The zero-order valence-electron chi connectivity index (χ0n) is 10.5. The third kappa shape index (κ3) is 3.49. The topological polar surface area (TPSA) is 95.4 Å². The number of carboxylic acid groups (broad SMARTS) is 1. The monoisotopic (exact) mass is 252 g/mol. The van der Waals surface area contributed by atoms with E-state index < -0.39 is 11.5 Å². The molecular formula is C11H16N4O3. The number of nitrogens with zero attached hydrogens (tertiary/aromatic N) is 3. The Hall–Kier alpha value is -2.02. The number of rotatable bonds is 5. The number of hydrogen-bond acceptors (Lipinski definition) is 5. The van der Waals surface area contributed by atoms with Crippen molar-refractivity contribution in [2.24, 2.45) is 0 Å². The Labute approximate surface area is 105 Å². The first-order valence-corrected chi connectivity index (χ1v) is 5.35. The molecule has 0 saturated heterocycles. The van der Waals surface area contributed by atoms with Gasteiger partial charge in [-0.3, -0.25) is 19.8 Å². The van der Waals surface area contributed by atoms with Crippen molar-refractivity contribution in [3.63, 3.8) is 0 Å². The molecule has 7 nitrogen and oxygen atoms in total. The van der Waals surface area contributed by atoms with Gasteiger partial charge in [-0.25, -0.2) is 9.97 Å². The summed E-state index contributed by atoms with van der Waals surface area (Å²) in [6.07, 6.45) is 3.01. The van der Waals surface area contributed by atoms with Crippen LogP contribution in [0.2, 0.25) is 0 Å². The van der Waals surface area contributed by atoms with Gasteiger partial charge in [-0.2, -0.15) is 0 Å². The Bertz CT molecular complexity index is 433. The van der Waals surface area contributed by atoms with E-state index >= 15 is 0 Å². The van der Waals surface area contributed by atoms with E-state index in [4.69, 9.17) is 5.11 Å². The molecule has 1 aromatic heterocycles. The van der Waals surface area contributed by atoms with E-state index in [0.717, 1.165) is 0 Å². The lowest BCUT2D eigenvalue weighted by Gasteiger charge is -2.30. The van der Waals surface area contributed by atoms with Gasteiger partial charge in [0.05, 0.1) is 6.54 Å². The molecule has 0 aliphatic rings. The van der Waals surface area contributed by atoms with Crippen molar-refractivity contribution in [2.75, 3.05) is 18.9 Å². The summed E-state index contributed by atoms with van der Waals surface area (Å²) >= 11 is 0. The fraction of sp³-hybridized carbons (Fsp3) is 0.455. The third-order valence-corrected chi connectivity index (χ3v) is 2.68. The summed E-state index contributed by atoms with van der Waals surface area (Å²) in [4.78, 5) is 31.8. The number of amides is 1. The number of carbonyl (C=O) groups excluding carboxylic acids is 1. The Morgan fingerprint density at radius 2 is 1.94 bits per heavy atom. The van der Waals surface area contributed by atoms with Crippen molar-refractivity contribution in [2.45, 2.75) is 19.4 Å². The molecule has 1 aromatic rings. The highest BCUT2D eigenvalue weighted by molar-refractivity contribution is 5.91. The van der Waals surface area contributed by atoms with Gasteiger partial charge in [0.15, 0.2) is 0 Å². The van der Waals surface area contributed by atoms with Crippen molar-refractivity contribution >= 4 is 17.8 Å². The molecular weight excluding hydrogens is 236 g/mol. The van der Waals surface area contributed by atoms with Crippen LogP contribution in [0.25, 0.3) is 0 Å². The molecule has 0 spiro atoms.